The second-order valence-electron chi connectivity index (χ2n) is 5.45. The minimum atomic E-state index is -2.85. The zero-order valence-corrected chi connectivity index (χ0v) is 12.2. The van der Waals surface area contributed by atoms with E-state index in [0.29, 0.717) is 12.5 Å². The largest absolute Gasteiger partial charge is 0.309 e. The Hall–Kier alpha value is -0.0900. The normalized spacial score (nSPS) is 15.1. The summed E-state index contributed by atoms with van der Waals surface area (Å²) in [5.74, 6) is 0.257. The number of hydrogen-bond donors (Lipinski definition) is 1. The first-order valence-corrected chi connectivity index (χ1v) is 8.18. The van der Waals surface area contributed by atoms with Crippen LogP contribution in [0, 0.1) is 0 Å². The van der Waals surface area contributed by atoms with Crippen molar-refractivity contribution in [2.24, 2.45) is 0 Å². The summed E-state index contributed by atoms with van der Waals surface area (Å²) in [6.07, 6.45) is 5.54. The molecule has 1 atom stereocenters. The van der Waals surface area contributed by atoms with Crippen molar-refractivity contribution in [1.82, 2.24) is 5.32 Å². The van der Waals surface area contributed by atoms with Crippen LogP contribution in [0.5, 0.6) is 0 Å². The molecule has 3 nitrogen and oxygen atoms in total. The minimum Gasteiger partial charge on any atom is -0.309 e. The molecule has 1 N–H and O–H groups in total. The van der Waals surface area contributed by atoms with E-state index in [2.05, 4.69) is 33.0 Å². The maximum Gasteiger partial charge on any atom is 0.147 e. The minimum absolute atomic E-state index is 0.101. The number of rotatable bonds is 8. The maximum absolute atomic E-state index is 11.1. The fraction of sp³-hybridized carbons (Fsp3) is 1.00. The Morgan fingerprint density at radius 2 is 1.88 bits per heavy atom. The van der Waals surface area contributed by atoms with Crippen LogP contribution < -0.4 is 5.32 Å². The molecular weight excluding hydrogens is 222 g/mol. The predicted molar refractivity (Wildman–Crippen MR) is 70.5 cm³/mol. The van der Waals surface area contributed by atoms with Gasteiger partial charge in [-0.2, -0.15) is 0 Å². The second kappa shape index (κ2) is 6.60. The van der Waals surface area contributed by atoms with Crippen molar-refractivity contribution in [3.05, 3.63) is 0 Å². The quantitative estimate of drug-likeness (QED) is 0.718. The first-order chi connectivity index (χ1) is 7.16. The topological polar surface area (TPSA) is 46.2 Å². The predicted octanol–water partition coefficient (Wildman–Crippen LogP) is 2.37. The van der Waals surface area contributed by atoms with Crippen molar-refractivity contribution in [2.45, 2.75) is 65.0 Å². The Morgan fingerprint density at radius 1 is 1.31 bits per heavy atom. The smallest absolute Gasteiger partial charge is 0.147 e. The van der Waals surface area contributed by atoms with Gasteiger partial charge >= 0.3 is 0 Å². The Balaban J connectivity index is 4.03. The van der Waals surface area contributed by atoms with E-state index in [0.717, 1.165) is 6.42 Å². The van der Waals surface area contributed by atoms with Gasteiger partial charge in [-0.1, -0.05) is 19.8 Å². The molecule has 0 amide bonds. The third kappa shape index (κ3) is 9.16. The van der Waals surface area contributed by atoms with Gasteiger partial charge in [-0.25, -0.2) is 8.42 Å². The molecule has 0 bridgehead atoms. The highest BCUT2D eigenvalue weighted by Gasteiger charge is 2.21. The van der Waals surface area contributed by atoms with Gasteiger partial charge in [0.1, 0.15) is 9.84 Å². The van der Waals surface area contributed by atoms with Gasteiger partial charge in [-0.05, 0) is 33.6 Å². The number of unbranched alkanes of at least 4 members (excludes halogenated alkanes) is 1. The Labute approximate surface area is 101 Å². The molecule has 0 aromatic carbocycles. The van der Waals surface area contributed by atoms with Gasteiger partial charge in [0, 0.05) is 17.8 Å². The summed E-state index contributed by atoms with van der Waals surface area (Å²) in [6.45, 7) is 8.49. The van der Waals surface area contributed by atoms with Crippen LogP contribution in [-0.2, 0) is 9.84 Å². The van der Waals surface area contributed by atoms with Crippen molar-refractivity contribution in [3.8, 4) is 0 Å². The molecule has 0 rings (SSSR count). The Kier molecular flexibility index (Phi) is 6.56. The molecule has 0 aliphatic heterocycles. The van der Waals surface area contributed by atoms with Gasteiger partial charge in [0.05, 0.1) is 5.75 Å². The van der Waals surface area contributed by atoms with E-state index in [1.165, 1.54) is 19.1 Å². The van der Waals surface area contributed by atoms with Crippen LogP contribution in [-0.4, -0.2) is 32.0 Å². The first-order valence-electron chi connectivity index (χ1n) is 6.12. The lowest BCUT2D eigenvalue weighted by molar-refractivity contribution is 0.321. The fourth-order valence-corrected chi connectivity index (χ4v) is 2.64. The zero-order valence-electron chi connectivity index (χ0n) is 11.3. The summed E-state index contributed by atoms with van der Waals surface area (Å²) in [5.41, 5.74) is -0.101. The van der Waals surface area contributed by atoms with E-state index in [1.807, 2.05) is 0 Å². The van der Waals surface area contributed by atoms with Gasteiger partial charge in [-0.3, -0.25) is 0 Å². The molecule has 0 aromatic rings. The molecule has 4 heteroatoms. The maximum atomic E-state index is 11.1. The van der Waals surface area contributed by atoms with Crippen LogP contribution in [0.2, 0.25) is 0 Å². The van der Waals surface area contributed by atoms with E-state index in [4.69, 9.17) is 0 Å². The number of sulfone groups is 1. The molecule has 0 saturated carbocycles. The lowest BCUT2D eigenvalue weighted by Crippen LogP contribution is -2.45. The van der Waals surface area contributed by atoms with Crippen molar-refractivity contribution in [2.75, 3.05) is 12.0 Å². The van der Waals surface area contributed by atoms with Crippen LogP contribution in [0.25, 0.3) is 0 Å². The van der Waals surface area contributed by atoms with E-state index < -0.39 is 9.84 Å². The van der Waals surface area contributed by atoms with E-state index in [-0.39, 0.29) is 11.3 Å². The molecule has 0 radical (unpaired) electrons. The van der Waals surface area contributed by atoms with Gasteiger partial charge in [-0.15, -0.1) is 0 Å². The summed E-state index contributed by atoms with van der Waals surface area (Å²) in [6, 6.07) is 0.453. The monoisotopic (exact) mass is 249 g/mol. The molecule has 0 aliphatic carbocycles. The van der Waals surface area contributed by atoms with Crippen molar-refractivity contribution in [3.63, 3.8) is 0 Å². The SMILES string of the molecule is CCCCC(C)NC(C)(C)CCS(C)(=O)=O. The molecular formula is C12H27NO2S. The molecule has 0 aromatic heterocycles. The molecule has 98 valence electrons. The lowest BCUT2D eigenvalue weighted by atomic mass is 9.99. The number of hydrogen-bond acceptors (Lipinski definition) is 3. The highest BCUT2D eigenvalue weighted by Crippen LogP contribution is 2.13. The van der Waals surface area contributed by atoms with Crippen molar-refractivity contribution < 1.29 is 8.42 Å². The number of nitrogens with one attached hydrogen (secondary N) is 1. The summed E-state index contributed by atoms with van der Waals surface area (Å²) < 4.78 is 22.2. The van der Waals surface area contributed by atoms with E-state index >= 15 is 0 Å². The van der Waals surface area contributed by atoms with E-state index in [9.17, 15) is 8.42 Å². The lowest BCUT2D eigenvalue weighted by Gasteiger charge is -2.30. The summed E-state index contributed by atoms with van der Waals surface area (Å²) in [4.78, 5) is 0. The molecule has 1 unspecified atom stereocenters. The average molecular weight is 249 g/mol. The van der Waals surface area contributed by atoms with Crippen LogP contribution in [0.3, 0.4) is 0 Å². The first kappa shape index (κ1) is 15.9. The van der Waals surface area contributed by atoms with Crippen LogP contribution >= 0.6 is 0 Å². The van der Waals surface area contributed by atoms with Crippen molar-refractivity contribution >= 4 is 9.84 Å². The van der Waals surface area contributed by atoms with Gasteiger partial charge < -0.3 is 5.32 Å². The zero-order chi connectivity index (χ0) is 12.8. The second-order valence-corrected chi connectivity index (χ2v) is 7.71. The van der Waals surface area contributed by atoms with Gasteiger partial charge in [0.15, 0.2) is 0 Å². The highest BCUT2D eigenvalue weighted by atomic mass is 32.2. The molecule has 0 heterocycles. The molecule has 16 heavy (non-hydrogen) atoms. The highest BCUT2D eigenvalue weighted by molar-refractivity contribution is 7.90. The van der Waals surface area contributed by atoms with Gasteiger partial charge in [0.25, 0.3) is 0 Å². The Bertz CT molecular complexity index is 283. The third-order valence-corrected chi connectivity index (χ3v) is 3.67. The summed E-state index contributed by atoms with van der Waals surface area (Å²) >= 11 is 0. The average Bonchev–Trinajstić information content (AvgIpc) is 2.10. The summed E-state index contributed by atoms with van der Waals surface area (Å²) in [7, 11) is -2.85. The molecule has 0 aliphatic rings. The fourth-order valence-electron chi connectivity index (χ4n) is 1.76. The van der Waals surface area contributed by atoms with Crippen molar-refractivity contribution in [1.29, 1.82) is 0 Å². The van der Waals surface area contributed by atoms with Crippen LogP contribution in [0.15, 0.2) is 0 Å². The Morgan fingerprint density at radius 3 is 2.31 bits per heavy atom. The molecule has 0 fully saturated rings. The summed E-state index contributed by atoms with van der Waals surface area (Å²) in [5, 5.41) is 3.50. The van der Waals surface area contributed by atoms with Crippen LogP contribution in [0.4, 0.5) is 0 Å². The standard InChI is InChI=1S/C12H27NO2S/c1-6-7-8-11(2)13-12(3,4)9-10-16(5,14)15/h11,13H,6-10H2,1-5H3. The van der Waals surface area contributed by atoms with E-state index in [1.54, 1.807) is 0 Å². The van der Waals surface area contributed by atoms with Crippen LogP contribution in [0.1, 0.15) is 53.4 Å². The van der Waals surface area contributed by atoms with Gasteiger partial charge in [0.2, 0.25) is 0 Å². The molecule has 0 saturated heterocycles. The molecule has 0 spiro atoms. The third-order valence-electron chi connectivity index (χ3n) is 2.73.